The zero-order chi connectivity index (χ0) is 36.7. The van der Waals surface area contributed by atoms with Gasteiger partial charge in [-0.15, -0.1) is 11.3 Å². The van der Waals surface area contributed by atoms with Crippen molar-refractivity contribution in [3.8, 4) is 33.4 Å². The van der Waals surface area contributed by atoms with E-state index in [0.29, 0.717) is 0 Å². The molecule has 8 aromatic carbocycles. The van der Waals surface area contributed by atoms with Crippen LogP contribution in [0.25, 0.3) is 53.6 Å². The Bertz CT molecular complexity index is 2930. The van der Waals surface area contributed by atoms with Crippen LogP contribution in [0, 0.1) is 0 Å². The third-order valence-electron chi connectivity index (χ3n) is 11.9. The predicted molar refractivity (Wildman–Crippen MR) is 238 cm³/mol. The molecule has 2 aliphatic heterocycles. The lowest BCUT2D eigenvalue weighted by molar-refractivity contribution is 0.643. The van der Waals surface area contributed by atoms with Crippen LogP contribution < -0.4 is 21.1 Å². The van der Waals surface area contributed by atoms with E-state index in [0.717, 1.165) is 0 Å². The molecule has 260 valence electrons. The van der Waals surface area contributed by atoms with Crippen LogP contribution >= 0.6 is 11.3 Å². The molecule has 0 saturated heterocycles. The van der Waals surface area contributed by atoms with Crippen molar-refractivity contribution in [3.63, 3.8) is 0 Å². The molecule has 9 aromatic rings. The number of benzene rings is 8. The largest absolute Gasteiger partial charge is 0.376 e. The summed E-state index contributed by atoms with van der Waals surface area (Å²) in [7, 11) is 0. The number of fused-ring (bicyclic) bond motifs is 8. The lowest BCUT2D eigenvalue weighted by atomic mass is 9.43. The van der Waals surface area contributed by atoms with Crippen LogP contribution in [0.2, 0.25) is 0 Å². The summed E-state index contributed by atoms with van der Waals surface area (Å²) in [5, 5.41) is 6.79. The molecule has 0 atom stereocenters. The van der Waals surface area contributed by atoms with Gasteiger partial charge in [-0.1, -0.05) is 159 Å². The quantitative estimate of drug-likeness (QED) is 0.178. The Morgan fingerprint density at radius 1 is 0.564 bits per heavy atom. The Kier molecular flexibility index (Phi) is 7.21. The van der Waals surface area contributed by atoms with Gasteiger partial charge in [0.1, 0.15) is 0 Å². The van der Waals surface area contributed by atoms with E-state index >= 15 is 0 Å². The van der Waals surface area contributed by atoms with Crippen molar-refractivity contribution in [2.24, 2.45) is 0 Å². The minimum absolute atomic E-state index is 0.0723. The van der Waals surface area contributed by atoms with Crippen molar-refractivity contribution in [1.29, 1.82) is 0 Å². The topological polar surface area (TPSA) is 15.3 Å². The van der Waals surface area contributed by atoms with Crippen LogP contribution in [0.5, 0.6) is 0 Å². The molecule has 2 nitrogen and oxygen atoms in total. The lowest BCUT2D eigenvalue weighted by Gasteiger charge is -2.44. The van der Waals surface area contributed by atoms with E-state index in [-0.39, 0.29) is 12.3 Å². The standard InChI is InChI=1S/C51H37BN2S/c1-51(2,37-21-10-5-11-22-37)41-25-15-26-42-50(41)53-43-32-46-47(39-24-12-13-27-45(39)55-46)48-40-31-36(34-18-8-4-9-19-34)28-29-44(40)54(52(42)49(43)48)38-23-14-20-35(30-38)33-16-6-3-7-17-33/h3-32,53H,1-2H3. The van der Waals surface area contributed by atoms with E-state index in [2.05, 4.69) is 206 Å². The predicted octanol–water partition coefficient (Wildman–Crippen LogP) is 12.7. The highest BCUT2D eigenvalue weighted by Gasteiger charge is 2.45. The number of anilines is 4. The van der Waals surface area contributed by atoms with Crippen molar-refractivity contribution in [2.45, 2.75) is 19.3 Å². The van der Waals surface area contributed by atoms with Crippen molar-refractivity contribution >= 4 is 72.0 Å². The Hall–Kier alpha value is -6.36. The minimum atomic E-state index is -0.239. The van der Waals surface area contributed by atoms with Gasteiger partial charge in [-0.05, 0) is 86.3 Å². The van der Waals surface area contributed by atoms with Crippen LogP contribution in [0.15, 0.2) is 182 Å². The number of hydrogen-bond donors (Lipinski definition) is 1. The van der Waals surface area contributed by atoms with Crippen molar-refractivity contribution in [2.75, 3.05) is 10.1 Å². The van der Waals surface area contributed by atoms with Crippen LogP contribution in [0.3, 0.4) is 0 Å². The first-order chi connectivity index (χ1) is 27.0. The number of rotatable bonds is 5. The molecule has 0 spiro atoms. The summed E-state index contributed by atoms with van der Waals surface area (Å²) in [5.41, 5.74) is 17.2. The third kappa shape index (κ3) is 4.95. The van der Waals surface area contributed by atoms with E-state index in [4.69, 9.17) is 0 Å². The fourth-order valence-corrected chi connectivity index (χ4v) is 10.4. The molecule has 1 N–H and O–H groups in total. The number of nitrogens with zero attached hydrogens (tertiary/aromatic N) is 1. The monoisotopic (exact) mass is 720 g/mol. The van der Waals surface area contributed by atoms with E-state index in [1.165, 1.54) is 98.4 Å². The molecule has 0 aliphatic carbocycles. The summed E-state index contributed by atoms with van der Waals surface area (Å²) in [6, 6.07) is 67.1. The van der Waals surface area contributed by atoms with Gasteiger partial charge >= 0.3 is 6.85 Å². The summed E-state index contributed by atoms with van der Waals surface area (Å²) < 4.78 is 2.62. The SMILES string of the molecule is CC(C)(c1ccccc1)c1cccc2c1Nc1cc3sc4ccccc4c3c3c1B2N(c1cccc(-c2ccccc2)c1)c1ccc(-c2ccccc2)cc1-3. The summed E-state index contributed by atoms with van der Waals surface area (Å²) in [6.45, 7) is 4.65. The van der Waals surface area contributed by atoms with Crippen molar-refractivity contribution < 1.29 is 0 Å². The molecule has 4 heteroatoms. The molecule has 11 rings (SSSR count). The van der Waals surface area contributed by atoms with E-state index < -0.39 is 0 Å². The Morgan fingerprint density at radius 3 is 1.98 bits per heavy atom. The fraction of sp³-hybridized carbons (Fsp3) is 0.0588. The second kappa shape index (κ2) is 12.3. The molecule has 2 aliphatic rings. The first kappa shape index (κ1) is 32.1. The Labute approximate surface area is 326 Å². The Balaban J connectivity index is 1.25. The highest BCUT2D eigenvalue weighted by atomic mass is 32.1. The van der Waals surface area contributed by atoms with Gasteiger partial charge in [0.25, 0.3) is 0 Å². The lowest BCUT2D eigenvalue weighted by Crippen LogP contribution is -2.60. The highest BCUT2D eigenvalue weighted by Crippen LogP contribution is 2.51. The molecule has 3 heterocycles. The molecule has 0 bridgehead atoms. The molecule has 0 unspecified atom stereocenters. The van der Waals surface area contributed by atoms with Gasteiger partial charge in [-0.25, -0.2) is 0 Å². The normalized spacial score (nSPS) is 13.0. The summed E-state index contributed by atoms with van der Waals surface area (Å²) in [6.07, 6.45) is 0. The van der Waals surface area contributed by atoms with Crippen LogP contribution in [-0.4, -0.2) is 6.85 Å². The highest BCUT2D eigenvalue weighted by molar-refractivity contribution is 7.26. The minimum Gasteiger partial charge on any atom is -0.376 e. The van der Waals surface area contributed by atoms with E-state index in [9.17, 15) is 0 Å². The average molecular weight is 721 g/mol. The van der Waals surface area contributed by atoms with Gasteiger partial charge in [-0.2, -0.15) is 0 Å². The maximum absolute atomic E-state index is 4.13. The molecule has 0 fully saturated rings. The summed E-state index contributed by atoms with van der Waals surface area (Å²) in [5.74, 6) is 0. The number of nitrogens with one attached hydrogen (secondary N) is 1. The van der Waals surface area contributed by atoms with Crippen molar-refractivity contribution in [1.82, 2.24) is 0 Å². The zero-order valence-corrected chi connectivity index (χ0v) is 31.6. The molecule has 0 amide bonds. The smallest absolute Gasteiger partial charge is 0.333 e. The van der Waals surface area contributed by atoms with Crippen LogP contribution in [0.1, 0.15) is 25.0 Å². The molecule has 1 aromatic heterocycles. The van der Waals surface area contributed by atoms with Gasteiger partial charge in [0.2, 0.25) is 0 Å². The average Bonchev–Trinajstić information content (AvgIpc) is 3.62. The zero-order valence-electron chi connectivity index (χ0n) is 30.8. The molecular weight excluding hydrogens is 683 g/mol. The second-order valence-electron chi connectivity index (χ2n) is 15.4. The van der Waals surface area contributed by atoms with Gasteiger partial charge in [-0.3, -0.25) is 0 Å². The van der Waals surface area contributed by atoms with Gasteiger partial charge < -0.3 is 10.1 Å². The summed E-state index contributed by atoms with van der Waals surface area (Å²) >= 11 is 1.90. The first-order valence-electron chi connectivity index (χ1n) is 19.1. The maximum Gasteiger partial charge on any atom is 0.333 e. The van der Waals surface area contributed by atoms with Gasteiger partial charge in [0.05, 0.1) is 0 Å². The van der Waals surface area contributed by atoms with Gasteiger partial charge in [0, 0.05) is 53.9 Å². The number of thiophene rings is 1. The third-order valence-corrected chi connectivity index (χ3v) is 13.0. The molecule has 0 saturated carbocycles. The van der Waals surface area contributed by atoms with Crippen LogP contribution in [0.4, 0.5) is 22.7 Å². The molecular formula is C51H37BN2S. The van der Waals surface area contributed by atoms with Crippen molar-refractivity contribution in [3.05, 3.63) is 193 Å². The second-order valence-corrected chi connectivity index (χ2v) is 16.4. The molecule has 0 radical (unpaired) electrons. The van der Waals surface area contributed by atoms with E-state index in [1.807, 2.05) is 11.3 Å². The fourth-order valence-electron chi connectivity index (χ4n) is 9.25. The van der Waals surface area contributed by atoms with Crippen LogP contribution in [-0.2, 0) is 5.41 Å². The first-order valence-corrected chi connectivity index (χ1v) is 19.9. The molecule has 55 heavy (non-hydrogen) atoms. The Morgan fingerprint density at radius 2 is 1.22 bits per heavy atom. The maximum atomic E-state index is 4.13. The van der Waals surface area contributed by atoms with Gasteiger partial charge in [0.15, 0.2) is 0 Å². The van der Waals surface area contributed by atoms with E-state index in [1.54, 1.807) is 0 Å². The number of para-hydroxylation sites is 1. The summed E-state index contributed by atoms with van der Waals surface area (Å²) in [4.78, 5) is 2.63. The number of hydrogen-bond acceptors (Lipinski definition) is 3.